The molecule has 0 unspecified atom stereocenters. The number of carbonyl (C=O) groups excluding carboxylic acids is 2. The molecule has 0 fully saturated rings. The van der Waals surface area contributed by atoms with Gasteiger partial charge in [0.25, 0.3) is 0 Å². The van der Waals surface area contributed by atoms with Crippen LogP contribution in [-0.2, 0) is 32.2 Å². The number of aromatic nitrogens is 2. The van der Waals surface area contributed by atoms with E-state index in [4.69, 9.17) is 32.7 Å². The third-order valence-electron chi connectivity index (χ3n) is 4.44. The number of rotatable bonds is 6. The molecular weight excluding hydrogens is 742 g/mol. The van der Waals surface area contributed by atoms with Crippen molar-refractivity contribution in [2.24, 2.45) is 0 Å². The van der Waals surface area contributed by atoms with Crippen molar-refractivity contribution in [1.82, 2.24) is 20.2 Å². The van der Waals surface area contributed by atoms with Crippen LogP contribution in [0.4, 0.5) is 0 Å². The van der Waals surface area contributed by atoms with Crippen LogP contribution in [0.3, 0.4) is 0 Å². The van der Waals surface area contributed by atoms with Gasteiger partial charge in [0.2, 0.25) is 0 Å². The predicted octanol–water partition coefficient (Wildman–Crippen LogP) is 5.45. The maximum atomic E-state index is 10.9. The van der Waals surface area contributed by atoms with E-state index in [-0.39, 0.29) is 11.9 Å². The Kier molecular flexibility index (Phi) is 12.8. The highest BCUT2D eigenvalue weighted by Gasteiger charge is 2.17. The summed E-state index contributed by atoms with van der Waals surface area (Å²) in [5.41, 5.74) is 3.53. The second-order valence-corrected chi connectivity index (χ2v) is 9.28. The number of alkyl halides is 1. The van der Waals surface area contributed by atoms with Crippen molar-refractivity contribution in [2.75, 3.05) is 25.2 Å². The molecule has 188 valence electrons. The number of hydrogen-bond donors (Lipinski definition) is 1. The fourth-order valence-electron chi connectivity index (χ4n) is 2.76. The molecule has 4 rings (SSSR count). The lowest BCUT2D eigenvalue weighted by molar-refractivity contribution is -0.135. The van der Waals surface area contributed by atoms with Gasteiger partial charge in [-0.3, -0.25) is 0 Å². The van der Waals surface area contributed by atoms with Crippen LogP contribution in [0, 0.1) is 0 Å². The molecule has 13 heteroatoms. The third-order valence-corrected chi connectivity index (χ3v) is 6.74. The van der Waals surface area contributed by atoms with Gasteiger partial charge in [0, 0.05) is 44.7 Å². The van der Waals surface area contributed by atoms with E-state index in [1.54, 1.807) is 12.4 Å². The Balaban J connectivity index is 0.000000231. The van der Waals surface area contributed by atoms with Crippen molar-refractivity contribution in [2.45, 2.75) is 13.1 Å². The minimum Gasteiger partial charge on any atom is -0.456 e. The smallest absolute Gasteiger partial charge is 0.333 e. The lowest BCUT2D eigenvalue weighted by Crippen LogP contribution is -2.18. The fraction of sp³-hybridized carbons (Fsp3) is 0.273. The normalized spacial score (nSPS) is 13.9. The van der Waals surface area contributed by atoms with Gasteiger partial charge in [0.05, 0.1) is 21.4 Å². The topological polar surface area (TPSA) is 93.7 Å². The van der Waals surface area contributed by atoms with Gasteiger partial charge in [0.15, 0.2) is 0 Å². The molecule has 0 bridgehead atoms. The molecule has 0 aliphatic carbocycles. The molecule has 0 atom stereocenters. The molecule has 2 aliphatic heterocycles. The number of carbonyl (C=O) groups is 2. The van der Waals surface area contributed by atoms with Crippen molar-refractivity contribution in [1.29, 1.82) is 0 Å². The first-order valence-electron chi connectivity index (χ1n) is 9.88. The van der Waals surface area contributed by atoms with Crippen molar-refractivity contribution >= 4 is 89.6 Å². The van der Waals surface area contributed by atoms with E-state index in [0.29, 0.717) is 45.6 Å². The zero-order valence-electron chi connectivity index (χ0n) is 18.7. The van der Waals surface area contributed by atoms with Crippen molar-refractivity contribution < 1.29 is 19.1 Å². The highest BCUT2D eigenvalue weighted by Crippen LogP contribution is 2.22. The summed E-state index contributed by atoms with van der Waals surface area (Å²) in [7, 11) is 1.89. The van der Waals surface area contributed by atoms with E-state index < -0.39 is 0 Å². The number of hydrogen-bond acceptors (Lipinski definition) is 8. The number of cyclic esters (lactones) is 2. The molecule has 0 saturated heterocycles. The monoisotopic (exact) mass is 760 g/mol. The van der Waals surface area contributed by atoms with E-state index in [1.165, 1.54) is 12.2 Å². The third kappa shape index (κ3) is 9.87. The molecule has 0 saturated carbocycles. The summed E-state index contributed by atoms with van der Waals surface area (Å²) < 4.78 is 10.8. The van der Waals surface area contributed by atoms with Gasteiger partial charge >= 0.3 is 11.9 Å². The van der Waals surface area contributed by atoms with Crippen LogP contribution >= 0.6 is 77.7 Å². The van der Waals surface area contributed by atoms with Gasteiger partial charge in [-0.2, -0.15) is 0 Å². The predicted molar refractivity (Wildman–Crippen MR) is 150 cm³/mol. The van der Waals surface area contributed by atoms with E-state index in [9.17, 15) is 9.59 Å². The SMILES string of the molecule is CI.CN(Cc1cnc(Br)c(Cl)c1)C1=CC(=O)OC1.O=C1C=C(NCc2cnc(Br)c(Cl)c2)CO1. The molecule has 0 aromatic carbocycles. The van der Waals surface area contributed by atoms with Gasteiger partial charge < -0.3 is 19.7 Å². The standard InChI is InChI=1S/C11H10BrClN2O2.C10H8BrClN2O2.CH3I/c1-15(8-3-10(16)17-6-8)5-7-2-9(13)11(12)14-4-7;11-10-8(12)1-6(4-14-10)3-13-7-2-9(15)16-5-7;1-2/h2-4H,5-6H2,1H3;1-2,4,13H,3,5H2;1H3. The average molecular weight is 763 g/mol. The molecule has 1 N–H and O–H groups in total. The first kappa shape index (κ1) is 29.8. The molecule has 2 aromatic heterocycles. The minimum absolute atomic E-state index is 0.293. The van der Waals surface area contributed by atoms with Gasteiger partial charge in [0.1, 0.15) is 22.4 Å². The minimum atomic E-state index is -0.311. The van der Waals surface area contributed by atoms with E-state index >= 15 is 0 Å². The van der Waals surface area contributed by atoms with Crippen molar-refractivity contribution in [3.8, 4) is 0 Å². The van der Waals surface area contributed by atoms with E-state index in [0.717, 1.165) is 22.5 Å². The Morgan fingerprint density at radius 3 is 2.03 bits per heavy atom. The zero-order valence-corrected chi connectivity index (χ0v) is 25.5. The van der Waals surface area contributed by atoms with Gasteiger partial charge in [-0.05, 0) is 60.0 Å². The second-order valence-electron chi connectivity index (χ2n) is 6.96. The number of halogens is 5. The first-order chi connectivity index (χ1) is 16.7. The number of ether oxygens (including phenoxy) is 2. The summed E-state index contributed by atoms with van der Waals surface area (Å²) in [4.78, 5) is 33.8. The highest BCUT2D eigenvalue weighted by atomic mass is 127. The summed E-state index contributed by atoms with van der Waals surface area (Å²) in [6.45, 7) is 1.81. The van der Waals surface area contributed by atoms with Crippen LogP contribution in [0.2, 0.25) is 10.0 Å². The maximum Gasteiger partial charge on any atom is 0.333 e. The van der Waals surface area contributed by atoms with Crippen LogP contribution in [-0.4, -0.2) is 52.0 Å². The van der Waals surface area contributed by atoms with Crippen molar-refractivity contribution in [3.63, 3.8) is 0 Å². The molecular formula is C22H21Br2Cl2IN4O4. The number of nitrogens with zero attached hydrogens (tertiary/aromatic N) is 3. The number of esters is 2. The maximum absolute atomic E-state index is 10.9. The lowest BCUT2D eigenvalue weighted by atomic mass is 10.2. The van der Waals surface area contributed by atoms with Crippen LogP contribution in [0.15, 0.2) is 57.3 Å². The molecule has 35 heavy (non-hydrogen) atoms. The lowest BCUT2D eigenvalue weighted by Gasteiger charge is -2.19. The molecule has 0 spiro atoms. The van der Waals surface area contributed by atoms with E-state index in [2.05, 4.69) is 69.7 Å². The first-order valence-corrected chi connectivity index (χ1v) is 14.4. The number of nitrogens with one attached hydrogen (secondary N) is 1. The summed E-state index contributed by atoms with van der Waals surface area (Å²) in [6, 6.07) is 3.65. The summed E-state index contributed by atoms with van der Waals surface area (Å²) in [5, 5.41) is 4.21. The van der Waals surface area contributed by atoms with Gasteiger partial charge in [-0.1, -0.05) is 45.8 Å². The molecule has 8 nitrogen and oxygen atoms in total. The van der Waals surface area contributed by atoms with Crippen LogP contribution in [0.5, 0.6) is 0 Å². The summed E-state index contributed by atoms with van der Waals surface area (Å²) in [5.74, 6) is -0.603. The molecule has 2 aliphatic rings. The average Bonchev–Trinajstić information content (AvgIpc) is 3.47. The Bertz CT molecular complexity index is 1130. The fourth-order valence-corrected chi connectivity index (χ4v) is 3.57. The number of pyridine rings is 2. The van der Waals surface area contributed by atoms with Gasteiger partial charge in [-0.25, -0.2) is 19.6 Å². The van der Waals surface area contributed by atoms with Crippen LogP contribution in [0.25, 0.3) is 0 Å². The van der Waals surface area contributed by atoms with E-state index in [1.807, 2.05) is 29.0 Å². The summed E-state index contributed by atoms with van der Waals surface area (Å²) >= 11 is 20.5. The Morgan fingerprint density at radius 2 is 1.51 bits per heavy atom. The highest BCUT2D eigenvalue weighted by molar-refractivity contribution is 14.1. The second kappa shape index (κ2) is 15.0. The summed E-state index contributed by atoms with van der Waals surface area (Å²) in [6.07, 6.45) is 6.38. The molecule has 4 heterocycles. The molecule has 0 amide bonds. The Morgan fingerprint density at radius 1 is 0.971 bits per heavy atom. The Labute approximate surface area is 243 Å². The number of likely N-dealkylation sites (N-methyl/N-ethyl adjacent to an activating group) is 1. The van der Waals surface area contributed by atoms with Crippen molar-refractivity contribution in [3.05, 3.63) is 78.5 Å². The quantitative estimate of drug-likeness (QED) is 0.180. The largest absolute Gasteiger partial charge is 0.456 e. The zero-order chi connectivity index (χ0) is 26.0. The van der Waals surface area contributed by atoms with Crippen LogP contribution < -0.4 is 5.32 Å². The Hall–Kier alpha value is -1.41. The molecule has 2 aromatic rings. The molecule has 0 radical (unpaired) electrons. The van der Waals surface area contributed by atoms with Crippen LogP contribution in [0.1, 0.15) is 11.1 Å². The van der Waals surface area contributed by atoms with Gasteiger partial charge in [-0.15, -0.1) is 0 Å².